The second-order valence-electron chi connectivity index (χ2n) is 12.8. The minimum absolute atomic E-state index is 1.09. The van der Waals surface area contributed by atoms with Crippen LogP contribution >= 0.6 is 0 Å². The average Bonchev–Trinajstić information content (AvgIpc) is 3.80. The molecule has 11 aromatic rings. The third kappa shape index (κ3) is 3.60. The van der Waals surface area contributed by atoms with Gasteiger partial charge in [-0.25, -0.2) is 0 Å². The van der Waals surface area contributed by atoms with Crippen molar-refractivity contribution in [3.63, 3.8) is 0 Å². The normalized spacial score (nSPS) is 12.1. The van der Waals surface area contributed by atoms with Crippen molar-refractivity contribution in [1.82, 2.24) is 18.7 Å². The van der Waals surface area contributed by atoms with E-state index in [1.165, 1.54) is 76.4 Å². The molecule has 4 heterocycles. The molecular formula is C45H28N4. The van der Waals surface area contributed by atoms with Crippen LogP contribution in [-0.2, 0) is 0 Å². The zero-order chi connectivity index (χ0) is 32.1. The van der Waals surface area contributed by atoms with Crippen LogP contribution in [-0.4, -0.2) is 18.7 Å². The van der Waals surface area contributed by atoms with Crippen molar-refractivity contribution in [2.75, 3.05) is 0 Å². The lowest BCUT2D eigenvalue weighted by molar-refractivity contribution is 1.15. The molecule has 0 N–H and O–H groups in total. The number of fused-ring (bicyclic) bond motifs is 11. The molecule has 0 amide bonds. The van der Waals surface area contributed by atoms with E-state index in [1.807, 2.05) is 12.4 Å². The molecule has 0 aliphatic rings. The second kappa shape index (κ2) is 9.93. The maximum Gasteiger partial charge on any atom is 0.0621 e. The molecule has 49 heavy (non-hydrogen) atoms. The fourth-order valence-electron chi connectivity index (χ4n) is 8.31. The molecule has 0 spiro atoms. The molecule has 0 unspecified atom stereocenters. The van der Waals surface area contributed by atoms with E-state index in [0.717, 1.165) is 16.9 Å². The minimum atomic E-state index is 1.09. The van der Waals surface area contributed by atoms with Gasteiger partial charge in [-0.3, -0.25) is 4.98 Å². The van der Waals surface area contributed by atoms with Gasteiger partial charge in [0.05, 0.1) is 38.8 Å². The number of aromatic nitrogens is 4. The summed E-state index contributed by atoms with van der Waals surface area (Å²) in [4.78, 5) is 4.37. The summed E-state index contributed by atoms with van der Waals surface area (Å²) in [6.45, 7) is 0. The monoisotopic (exact) mass is 624 g/mol. The van der Waals surface area contributed by atoms with Crippen molar-refractivity contribution < 1.29 is 0 Å². The second-order valence-corrected chi connectivity index (χ2v) is 12.8. The quantitative estimate of drug-likeness (QED) is 0.192. The number of nitrogens with zero attached hydrogens (tertiary/aromatic N) is 4. The summed E-state index contributed by atoms with van der Waals surface area (Å²) in [5.74, 6) is 0. The number of rotatable bonds is 3. The first kappa shape index (κ1) is 26.4. The van der Waals surface area contributed by atoms with Crippen LogP contribution in [0.25, 0.3) is 93.3 Å². The standard InChI is InChI=1S/C45H28N4/c1-2-16-36-35(15-1)44(49-41-19-9-5-13-33(41)34-14-6-10-20-42(34)49)28-38-37-27-30(21-22-43(37)48(45(36)38)29-23-25-46-26-24-29)47-39-17-7-3-11-31(39)32-12-4-8-18-40(32)47/h1-28H. The van der Waals surface area contributed by atoms with E-state index in [2.05, 4.69) is 176 Å². The van der Waals surface area contributed by atoms with Gasteiger partial charge in [0.1, 0.15) is 0 Å². The van der Waals surface area contributed by atoms with Crippen LogP contribution in [0.5, 0.6) is 0 Å². The fraction of sp³-hybridized carbons (Fsp3) is 0. The van der Waals surface area contributed by atoms with Gasteiger partial charge in [0.15, 0.2) is 0 Å². The highest BCUT2D eigenvalue weighted by Gasteiger charge is 2.21. The number of para-hydroxylation sites is 4. The highest BCUT2D eigenvalue weighted by molar-refractivity contribution is 6.22. The maximum atomic E-state index is 4.37. The topological polar surface area (TPSA) is 27.7 Å². The Balaban J connectivity index is 1.32. The number of hydrogen-bond acceptors (Lipinski definition) is 1. The SMILES string of the molecule is c1ccc2c(c1)c(-n1c3ccccc3c3ccccc31)cc1c3cc(-n4c5ccccc5c5ccccc54)ccc3n(-c3ccncc3)c21. The van der Waals surface area contributed by atoms with E-state index in [9.17, 15) is 0 Å². The van der Waals surface area contributed by atoms with Crippen molar-refractivity contribution in [1.29, 1.82) is 0 Å². The first-order valence-electron chi connectivity index (χ1n) is 16.7. The van der Waals surface area contributed by atoms with Crippen LogP contribution in [0.2, 0.25) is 0 Å². The third-order valence-corrected chi connectivity index (χ3v) is 10.3. The molecule has 0 aliphatic carbocycles. The largest absolute Gasteiger partial charge is 0.309 e. The van der Waals surface area contributed by atoms with Crippen LogP contribution in [0.1, 0.15) is 0 Å². The molecule has 0 aliphatic heterocycles. The summed E-state index contributed by atoms with van der Waals surface area (Å²) in [5, 5.41) is 9.88. The van der Waals surface area contributed by atoms with Gasteiger partial charge < -0.3 is 13.7 Å². The lowest BCUT2D eigenvalue weighted by Gasteiger charge is -2.15. The van der Waals surface area contributed by atoms with Gasteiger partial charge in [-0.15, -0.1) is 0 Å². The lowest BCUT2D eigenvalue weighted by atomic mass is 10.0. The Hall–Kier alpha value is -6.65. The molecular weight excluding hydrogens is 597 g/mol. The Bertz CT molecular complexity index is 3000. The van der Waals surface area contributed by atoms with Gasteiger partial charge in [-0.2, -0.15) is 0 Å². The molecule has 0 atom stereocenters. The number of hydrogen-bond donors (Lipinski definition) is 0. The predicted molar refractivity (Wildman–Crippen MR) is 205 cm³/mol. The highest BCUT2D eigenvalue weighted by Crippen LogP contribution is 2.43. The van der Waals surface area contributed by atoms with Crippen LogP contribution in [0.3, 0.4) is 0 Å². The molecule has 4 heteroatoms. The van der Waals surface area contributed by atoms with Crippen molar-refractivity contribution in [2.24, 2.45) is 0 Å². The zero-order valence-electron chi connectivity index (χ0n) is 26.5. The van der Waals surface area contributed by atoms with Gasteiger partial charge >= 0.3 is 0 Å². The molecule has 4 aromatic heterocycles. The van der Waals surface area contributed by atoms with E-state index in [4.69, 9.17) is 0 Å². The van der Waals surface area contributed by atoms with Crippen molar-refractivity contribution in [3.05, 3.63) is 170 Å². The minimum Gasteiger partial charge on any atom is -0.309 e. The Morgan fingerprint density at radius 2 is 0.776 bits per heavy atom. The van der Waals surface area contributed by atoms with Crippen LogP contribution in [0.15, 0.2) is 170 Å². The van der Waals surface area contributed by atoms with E-state index in [-0.39, 0.29) is 0 Å². The van der Waals surface area contributed by atoms with E-state index in [0.29, 0.717) is 0 Å². The van der Waals surface area contributed by atoms with E-state index < -0.39 is 0 Å². The van der Waals surface area contributed by atoms with Crippen LogP contribution in [0.4, 0.5) is 0 Å². The molecule has 0 saturated heterocycles. The lowest BCUT2D eigenvalue weighted by Crippen LogP contribution is -1.98. The smallest absolute Gasteiger partial charge is 0.0621 e. The predicted octanol–water partition coefficient (Wildman–Crippen LogP) is 11.5. The fourth-order valence-corrected chi connectivity index (χ4v) is 8.31. The van der Waals surface area contributed by atoms with Gasteiger partial charge in [0.25, 0.3) is 0 Å². The van der Waals surface area contributed by atoms with Crippen molar-refractivity contribution >= 4 is 76.2 Å². The molecule has 0 fully saturated rings. The van der Waals surface area contributed by atoms with Gasteiger partial charge in [-0.05, 0) is 60.7 Å². The van der Waals surface area contributed by atoms with Crippen molar-refractivity contribution in [3.8, 4) is 17.1 Å². The Morgan fingerprint density at radius 3 is 1.35 bits per heavy atom. The zero-order valence-corrected chi connectivity index (χ0v) is 26.5. The Labute approximate surface area is 281 Å². The molecule has 11 rings (SSSR count). The maximum absolute atomic E-state index is 4.37. The molecule has 0 radical (unpaired) electrons. The van der Waals surface area contributed by atoms with Gasteiger partial charge in [0.2, 0.25) is 0 Å². The molecule has 228 valence electrons. The summed E-state index contributed by atoms with van der Waals surface area (Å²) in [6, 6.07) is 57.4. The summed E-state index contributed by atoms with van der Waals surface area (Å²) < 4.78 is 7.29. The summed E-state index contributed by atoms with van der Waals surface area (Å²) in [5.41, 5.74) is 10.6. The Morgan fingerprint density at radius 1 is 0.306 bits per heavy atom. The van der Waals surface area contributed by atoms with Gasteiger partial charge in [-0.1, -0.05) is 97.1 Å². The molecule has 4 nitrogen and oxygen atoms in total. The van der Waals surface area contributed by atoms with Crippen molar-refractivity contribution in [2.45, 2.75) is 0 Å². The van der Waals surface area contributed by atoms with E-state index >= 15 is 0 Å². The first-order valence-corrected chi connectivity index (χ1v) is 16.7. The van der Waals surface area contributed by atoms with Crippen LogP contribution in [0, 0.1) is 0 Å². The Kier molecular flexibility index (Phi) is 5.35. The molecule has 7 aromatic carbocycles. The summed E-state index contributed by atoms with van der Waals surface area (Å²) in [7, 11) is 0. The number of benzene rings is 7. The molecule has 0 saturated carbocycles. The molecule has 0 bridgehead atoms. The first-order chi connectivity index (χ1) is 24.3. The van der Waals surface area contributed by atoms with Gasteiger partial charge in [0, 0.05) is 66.9 Å². The third-order valence-electron chi connectivity index (χ3n) is 10.3. The summed E-state index contributed by atoms with van der Waals surface area (Å²) in [6.07, 6.45) is 3.77. The highest BCUT2D eigenvalue weighted by atomic mass is 15.0. The number of pyridine rings is 1. The summed E-state index contributed by atoms with van der Waals surface area (Å²) >= 11 is 0. The van der Waals surface area contributed by atoms with Crippen LogP contribution < -0.4 is 0 Å². The van der Waals surface area contributed by atoms with E-state index in [1.54, 1.807) is 0 Å². The average molecular weight is 625 g/mol.